The molecule has 0 aliphatic carbocycles. The minimum atomic E-state index is -1.06. The molecule has 0 aromatic carbocycles. The molecule has 1 aliphatic rings. The molecule has 0 saturated carbocycles. The molecule has 6 nitrogen and oxygen atoms in total. The zero-order valence-electron chi connectivity index (χ0n) is 10.2. The Morgan fingerprint density at radius 2 is 2.53 bits per heavy atom. The van der Waals surface area contributed by atoms with Crippen LogP contribution in [-0.4, -0.2) is 34.4 Å². The number of piperidine rings is 1. The quantitative estimate of drug-likeness (QED) is 0.578. The van der Waals surface area contributed by atoms with Crippen molar-refractivity contribution < 1.29 is 9.90 Å². The summed E-state index contributed by atoms with van der Waals surface area (Å²) in [6.45, 7) is 1.39. The molecule has 1 fully saturated rings. The van der Waals surface area contributed by atoms with Crippen LogP contribution in [0, 0.1) is 0 Å². The monoisotopic (exact) mass is 278 g/mol. The fourth-order valence-corrected chi connectivity index (χ4v) is 2.54. The van der Waals surface area contributed by atoms with Gasteiger partial charge < -0.3 is 15.7 Å². The maximum absolute atomic E-state index is 11.1. The predicted octanol–water partition coefficient (Wildman–Crippen LogP) is 1.66. The second-order valence-corrected chi connectivity index (χ2v) is 4.57. The zero-order valence-corrected chi connectivity index (χ0v) is 11.0. The van der Waals surface area contributed by atoms with Crippen molar-refractivity contribution in [3.63, 3.8) is 0 Å². The Bertz CT molecular complexity index is 522. The van der Waals surface area contributed by atoms with Crippen LogP contribution in [0.2, 0.25) is 0 Å². The molecule has 0 unspecified atom stereocenters. The van der Waals surface area contributed by atoms with Gasteiger partial charge in [0.25, 0.3) is 0 Å². The molecule has 2 rings (SSSR count). The van der Waals surface area contributed by atoms with Crippen LogP contribution in [0.15, 0.2) is 23.5 Å². The summed E-state index contributed by atoms with van der Waals surface area (Å²) in [5.41, 5.74) is 0.627. The Hall–Kier alpha value is -1.82. The van der Waals surface area contributed by atoms with E-state index in [2.05, 4.69) is 38.0 Å². The van der Waals surface area contributed by atoms with Gasteiger partial charge in [-0.05, 0) is 37.7 Å². The molecule has 100 valence electrons. The molecule has 0 spiro atoms. The van der Waals surface area contributed by atoms with E-state index in [9.17, 15) is 4.79 Å². The van der Waals surface area contributed by atoms with Gasteiger partial charge >= 0.3 is 6.09 Å². The van der Waals surface area contributed by atoms with E-state index in [1.165, 1.54) is 0 Å². The van der Waals surface area contributed by atoms with E-state index < -0.39 is 11.6 Å². The first-order valence-electron chi connectivity index (χ1n) is 5.92. The number of amides is 1. The molecule has 19 heavy (non-hydrogen) atoms. The highest BCUT2D eigenvalue weighted by Crippen LogP contribution is 2.34. The van der Waals surface area contributed by atoms with Gasteiger partial charge in [-0.3, -0.25) is 4.98 Å². The molecular formula is C12H14N4O2S. The summed E-state index contributed by atoms with van der Waals surface area (Å²) in [6.07, 6.45) is 3.71. The Morgan fingerprint density at radius 1 is 1.68 bits per heavy atom. The van der Waals surface area contributed by atoms with Gasteiger partial charge in [-0.1, -0.05) is 0 Å². The van der Waals surface area contributed by atoms with Gasteiger partial charge in [0.05, 0.1) is 22.6 Å². The second kappa shape index (κ2) is 5.88. The zero-order chi connectivity index (χ0) is 13.7. The number of aromatic nitrogens is 1. The van der Waals surface area contributed by atoms with E-state index in [0.29, 0.717) is 18.7 Å². The van der Waals surface area contributed by atoms with Crippen LogP contribution in [0.4, 0.5) is 10.5 Å². The summed E-state index contributed by atoms with van der Waals surface area (Å²) in [7, 11) is 0. The largest absolute Gasteiger partial charge is 0.465 e. The lowest BCUT2D eigenvalue weighted by Gasteiger charge is -2.38. The molecule has 0 radical (unpaired) electrons. The smallest absolute Gasteiger partial charge is 0.405 e. The molecule has 1 aromatic rings. The van der Waals surface area contributed by atoms with Gasteiger partial charge in [0.15, 0.2) is 0 Å². The standard InChI is InChI=1S/C12H14N4O2S/c17-11(18)16-12(3-1-4-14-7-12)9-2-5-13-6-10(9)15-8-19/h2,5-6,14,16H,1,3-4,7H2,(H,17,18)/t12-/m1/s1. The number of hydrogen-bond donors (Lipinski definition) is 3. The first kappa shape index (κ1) is 13.6. The maximum Gasteiger partial charge on any atom is 0.405 e. The number of nitrogens with one attached hydrogen (secondary N) is 2. The Labute approximate surface area is 116 Å². The van der Waals surface area contributed by atoms with Crippen LogP contribution < -0.4 is 10.6 Å². The fourth-order valence-electron chi connectivity index (χ4n) is 2.44. The predicted molar refractivity (Wildman–Crippen MR) is 73.9 cm³/mol. The molecule has 1 aromatic heterocycles. The number of carbonyl (C=O) groups is 1. The van der Waals surface area contributed by atoms with E-state index in [1.54, 1.807) is 18.5 Å². The topological polar surface area (TPSA) is 86.6 Å². The van der Waals surface area contributed by atoms with Crippen molar-refractivity contribution in [2.24, 2.45) is 4.99 Å². The lowest BCUT2D eigenvalue weighted by atomic mass is 9.82. The Balaban J connectivity index is 2.48. The minimum absolute atomic E-state index is 0.517. The van der Waals surface area contributed by atoms with Crippen molar-refractivity contribution in [1.29, 1.82) is 0 Å². The van der Waals surface area contributed by atoms with Gasteiger partial charge in [-0.2, -0.15) is 4.99 Å². The molecule has 7 heteroatoms. The minimum Gasteiger partial charge on any atom is -0.465 e. The van der Waals surface area contributed by atoms with Gasteiger partial charge in [-0.15, -0.1) is 0 Å². The average molecular weight is 278 g/mol. The third-order valence-corrected chi connectivity index (χ3v) is 3.30. The summed E-state index contributed by atoms with van der Waals surface area (Å²) in [6, 6.07) is 1.77. The number of pyridine rings is 1. The highest BCUT2D eigenvalue weighted by atomic mass is 32.1. The number of isothiocyanates is 1. The number of nitrogens with zero attached hydrogens (tertiary/aromatic N) is 2. The van der Waals surface area contributed by atoms with Crippen molar-refractivity contribution >= 4 is 29.2 Å². The molecule has 0 bridgehead atoms. The first-order valence-corrected chi connectivity index (χ1v) is 6.33. The number of carboxylic acid groups (broad SMARTS) is 1. The van der Waals surface area contributed by atoms with Crippen molar-refractivity contribution in [3.8, 4) is 0 Å². The van der Waals surface area contributed by atoms with Gasteiger partial charge in [0, 0.05) is 18.3 Å². The first-order chi connectivity index (χ1) is 9.18. The van der Waals surface area contributed by atoms with Gasteiger partial charge in [0.1, 0.15) is 0 Å². The molecule has 1 atom stereocenters. The highest BCUT2D eigenvalue weighted by Gasteiger charge is 2.37. The van der Waals surface area contributed by atoms with Crippen molar-refractivity contribution in [1.82, 2.24) is 15.6 Å². The van der Waals surface area contributed by atoms with E-state index >= 15 is 0 Å². The van der Waals surface area contributed by atoms with Gasteiger partial charge in [-0.25, -0.2) is 4.79 Å². The van der Waals surface area contributed by atoms with E-state index in [4.69, 9.17) is 5.11 Å². The summed E-state index contributed by atoms with van der Waals surface area (Å²) in [5.74, 6) is 0. The number of aliphatic imine (C=N–C) groups is 1. The van der Waals surface area contributed by atoms with Crippen LogP contribution in [0.3, 0.4) is 0 Å². The molecule has 1 aliphatic heterocycles. The Morgan fingerprint density at radius 3 is 3.16 bits per heavy atom. The molecule has 3 N–H and O–H groups in total. The number of rotatable bonds is 3. The highest BCUT2D eigenvalue weighted by molar-refractivity contribution is 7.78. The van der Waals surface area contributed by atoms with Crippen molar-refractivity contribution in [2.45, 2.75) is 18.4 Å². The maximum atomic E-state index is 11.1. The number of thiocarbonyl (C=S) groups is 1. The Kier molecular flexibility index (Phi) is 4.21. The van der Waals surface area contributed by atoms with Crippen molar-refractivity contribution in [3.05, 3.63) is 24.0 Å². The van der Waals surface area contributed by atoms with Crippen molar-refractivity contribution in [2.75, 3.05) is 13.1 Å². The molecule has 2 heterocycles. The SMILES string of the molecule is O=C(O)N[C@]1(c2ccncc2N=C=S)CCCNC1. The second-order valence-electron chi connectivity index (χ2n) is 4.39. The third-order valence-electron chi connectivity index (χ3n) is 3.21. The lowest BCUT2D eigenvalue weighted by molar-refractivity contribution is 0.167. The van der Waals surface area contributed by atoms with E-state index in [1.807, 2.05) is 0 Å². The summed E-state index contributed by atoms with van der Waals surface area (Å²) in [4.78, 5) is 19.1. The third kappa shape index (κ3) is 2.96. The molecule has 1 saturated heterocycles. The fraction of sp³-hybridized carbons (Fsp3) is 0.417. The normalized spacial score (nSPS) is 22.3. The van der Waals surface area contributed by atoms with Crippen LogP contribution >= 0.6 is 12.2 Å². The average Bonchev–Trinajstić information content (AvgIpc) is 2.40. The summed E-state index contributed by atoms with van der Waals surface area (Å²) < 4.78 is 0. The number of hydrogen-bond acceptors (Lipinski definition) is 5. The molecular weight excluding hydrogens is 264 g/mol. The van der Waals surface area contributed by atoms with Crippen LogP contribution in [0.25, 0.3) is 0 Å². The van der Waals surface area contributed by atoms with Crippen LogP contribution in [-0.2, 0) is 5.54 Å². The summed E-state index contributed by atoms with van der Waals surface area (Å²) in [5, 5.41) is 17.2. The summed E-state index contributed by atoms with van der Waals surface area (Å²) >= 11 is 4.62. The van der Waals surface area contributed by atoms with E-state index in [0.717, 1.165) is 18.5 Å². The lowest BCUT2D eigenvalue weighted by Crippen LogP contribution is -2.54. The van der Waals surface area contributed by atoms with Crippen LogP contribution in [0.5, 0.6) is 0 Å². The van der Waals surface area contributed by atoms with E-state index in [-0.39, 0.29) is 0 Å². The molecule has 1 amide bonds. The van der Waals surface area contributed by atoms with Gasteiger partial charge in [0.2, 0.25) is 0 Å². The van der Waals surface area contributed by atoms with Crippen LogP contribution in [0.1, 0.15) is 18.4 Å².